The lowest BCUT2D eigenvalue weighted by atomic mass is 10.1. The van der Waals surface area contributed by atoms with Crippen LogP contribution in [0.4, 0.5) is 15.6 Å². The predicted octanol–water partition coefficient (Wildman–Crippen LogP) is 4.36. The molecule has 5 rings (SSSR count). The number of nitrogens with zero attached hydrogens (tertiary/aromatic N) is 6. The van der Waals surface area contributed by atoms with Gasteiger partial charge in [0.15, 0.2) is 11.5 Å². The van der Waals surface area contributed by atoms with Crippen molar-refractivity contribution in [3.8, 4) is 0 Å². The molecule has 40 heavy (non-hydrogen) atoms. The van der Waals surface area contributed by atoms with Crippen molar-refractivity contribution in [1.29, 1.82) is 0 Å². The summed E-state index contributed by atoms with van der Waals surface area (Å²) in [6.45, 7) is 9.20. The maximum absolute atomic E-state index is 12.8. The first-order valence-electron chi connectivity index (χ1n) is 13.2. The number of carbonyl (C=O) groups excluding carboxylic acids is 2. The molecule has 0 aromatic carbocycles. The van der Waals surface area contributed by atoms with E-state index in [-0.39, 0.29) is 12.0 Å². The molecule has 212 valence electrons. The number of hydrogen-bond acceptors (Lipinski definition) is 9. The number of thiophene rings is 1. The van der Waals surface area contributed by atoms with Crippen molar-refractivity contribution < 1.29 is 14.3 Å². The van der Waals surface area contributed by atoms with Gasteiger partial charge in [-0.3, -0.25) is 9.20 Å². The van der Waals surface area contributed by atoms with Crippen molar-refractivity contribution in [2.75, 3.05) is 46.1 Å². The van der Waals surface area contributed by atoms with Gasteiger partial charge >= 0.3 is 6.09 Å². The van der Waals surface area contributed by atoms with Gasteiger partial charge in [-0.2, -0.15) is 0 Å². The number of fused-ring (bicyclic) bond motifs is 1. The molecule has 0 aliphatic carbocycles. The molecule has 2 aliphatic heterocycles. The van der Waals surface area contributed by atoms with Crippen molar-refractivity contribution in [3.05, 3.63) is 52.6 Å². The summed E-state index contributed by atoms with van der Waals surface area (Å²) in [5, 5.41) is 6.16. The van der Waals surface area contributed by atoms with Crippen molar-refractivity contribution >= 4 is 50.9 Å². The fourth-order valence-corrected chi connectivity index (χ4v) is 5.74. The summed E-state index contributed by atoms with van der Waals surface area (Å²) < 4.78 is 7.67. The molecule has 0 bridgehead atoms. The van der Waals surface area contributed by atoms with E-state index in [2.05, 4.69) is 16.8 Å². The number of hydrazine groups is 1. The minimum Gasteiger partial charge on any atom is -0.444 e. The lowest BCUT2D eigenvalue weighted by molar-refractivity contribution is 0.0273. The standard InChI is InChI=1S/C28H36N8O3S/c1-17-11-22(40-23(17)26(37)33(5)6)32-24-25-29-13-21(19-12-30-34(7)14-19)36(25)16-20(31-24)18-9-8-10-35(15-18)27(38)39-28(2,3)4/h9,11,13-14,16,30H,8,10,12,15H2,1-7H3,(H,31,32). The molecule has 0 atom stereocenters. The van der Waals surface area contributed by atoms with Crippen LogP contribution >= 0.6 is 11.3 Å². The zero-order valence-electron chi connectivity index (χ0n) is 24.0. The van der Waals surface area contributed by atoms with E-state index in [1.807, 2.05) is 68.8 Å². The lowest BCUT2D eigenvalue weighted by Gasteiger charge is -2.30. The molecule has 11 nitrogen and oxygen atoms in total. The smallest absolute Gasteiger partial charge is 0.410 e. The third-order valence-corrected chi connectivity index (χ3v) is 7.72. The topological polar surface area (TPSA) is 107 Å². The molecular formula is C28H36N8O3S. The van der Waals surface area contributed by atoms with Crippen LogP contribution in [0.25, 0.3) is 16.8 Å². The fraction of sp³-hybridized carbons (Fsp3) is 0.429. The van der Waals surface area contributed by atoms with E-state index in [4.69, 9.17) is 14.7 Å². The minimum atomic E-state index is -0.569. The van der Waals surface area contributed by atoms with E-state index in [0.29, 0.717) is 42.4 Å². The maximum atomic E-state index is 12.8. The van der Waals surface area contributed by atoms with Crippen LogP contribution in [0.1, 0.15) is 53.8 Å². The first kappa shape index (κ1) is 27.7. The normalized spacial score (nSPS) is 15.8. The minimum absolute atomic E-state index is 0.0371. The summed E-state index contributed by atoms with van der Waals surface area (Å²) in [7, 11) is 5.45. The van der Waals surface area contributed by atoms with Crippen LogP contribution in [-0.2, 0) is 4.74 Å². The van der Waals surface area contributed by atoms with Crippen molar-refractivity contribution in [3.63, 3.8) is 0 Å². The Morgan fingerprint density at radius 2 is 2.00 bits per heavy atom. The quantitative estimate of drug-likeness (QED) is 0.471. The molecule has 0 saturated heterocycles. The highest BCUT2D eigenvalue weighted by Crippen LogP contribution is 2.33. The molecule has 5 heterocycles. The van der Waals surface area contributed by atoms with Gasteiger partial charge in [0.05, 0.1) is 34.0 Å². The highest BCUT2D eigenvalue weighted by atomic mass is 32.1. The molecule has 0 unspecified atom stereocenters. The molecule has 0 saturated carbocycles. The van der Waals surface area contributed by atoms with E-state index in [1.165, 1.54) is 11.3 Å². The Balaban J connectivity index is 1.54. The molecule has 12 heteroatoms. The summed E-state index contributed by atoms with van der Waals surface area (Å²) in [5.74, 6) is 0.536. The largest absolute Gasteiger partial charge is 0.444 e. The van der Waals surface area contributed by atoms with Crippen LogP contribution < -0.4 is 10.7 Å². The molecule has 2 aliphatic rings. The molecule has 2 amide bonds. The van der Waals surface area contributed by atoms with Gasteiger partial charge in [0.25, 0.3) is 5.91 Å². The van der Waals surface area contributed by atoms with Crippen LogP contribution in [0, 0.1) is 6.92 Å². The second kappa shape index (κ2) is 10.6. The molecule has 0 spiro atoms. The molecule has 0 fully saturated rings. The highest BCUT2D eigenvalue weighted by molar-refractivity contribution is 7.18. The zero-order chi connectivity index (χ0) is 28.8. The Morgan fingerprint density at radius 3 is 2.67 bits per heavy atom. The Hall–Kier alpha value is -3.90. The van der Waals surface area contributed by atoms with Crippen LogP contribution in [0.15, 0.2) is 30.7 Å². The van der Waals surface area contributed by atoms with Gasteiger partial charge in [0.1, 0.15) is 5.60 Å². The van der Waals surface area contributed by atoms with Gasteiger partial charge in [-0.1, -0.05) is 6.08 Å². The number of imidazole rings is 1. The summed E-state index contributed by atoms with van der Waals surface area (Å²) in [6.07, 6.45) is 8.37. The summed E-state index contributed by atoms with van der Waals surface area (Å²) in [4.78, 5) is 39.2. The monoisotopic (exact) mass is 564 g/mol. The first-order chi connectivity index (χ1) is 18.9. The van der Waals surface area contributed by atoms with E-state index < -0.39 is 5.60 Å². The predicted molar refractivity (Wildman–Crippen MR) is 157 cm³/mol. The van der Waals surface area contributed by atoms with Gasteiger partial charge in [-0.05, 0) is 51.3 Å². The number of hydrogen-bond donors (Lipinski definition) is 2. The molecule has 3 aromatic heterocycles. The number of rotatable bonds is 5. The number of carbonyl (C=O) groups is 2. The number of anilines is 2. The van der Waals surface area contributed by atoms with Crippen molar-refractivity contribution in [2.45, 2.75) is 39.7 Å². The molecule has 2 N–H and O–H groups in total. The summed E-state index contributed by atoms with van der Waals surface area (Å²) in [6, 6.07) is 1.96. The average Bonchev–Trinajstić information content (AvgIpc) is 3.60. The SMILES string of the molecule is Cc1cc(Nc2nc(C3=CCCN(C(=O)OC(C)(C)C)C3)cn3c(C4=CN(C)NC4)cnc23)sc1C(=O)N(C)C. The average molecular weight is 565 g/mol. The number of aryl methyl sites for hydroxylation is 1. The Kier molecular flexibility index (Phi) is 7.32. The number of aromatic nitrogens is 3. The number of amides is 2. The highest BCUT2D eigenvalue weighted by Gasteiger charge is 2.27. The van der Waals surface area contributed by atoms with Crippen LogP contribution in [0.5, 0.6) is 0 Å². The second-order valence-corrected chi connectivity index (χ2v) is 12.3. The van der Waals surface area contributed by atoms with Crippen molar-refractivity contribution in [1.82, 2.24) is 34.6 Å². The Bertz CT molecular complexity index is 1530. The van der Waals surface area contributed by atoms with E-state index >= 15 is 0 Å². The molecular weight excluding hydrogens is 528 g/mol. The maximum Gasteiger partial charge on any atom is 0.410 e. The third kappa shape index (κ3) is 5.68. The van der Waals surface area contributed by atoms with E-state index in [0.717, 1.165) is 33.1 Å². The van der Waals surface area contributed by atoms with Crippen LogP contribution in [-0.4, -0.2) is 87.6 Å². The lowest BCUT2D eigenvalue weighted by Crippen LogP contribution is -2.39. The van der Waals surface area contributed by atoms with E-state index in [1.54, 1.807) is 23.9 Å². The van der Waals surface area contributed by atoms with Crippen LogP contribution in [0.2, 0.25) is 0 Å². The summed E-state index contributed by atoms with van der Waals surface area (Å²) >= 11 is 1.39. The fourth-order valence-electron chi connectivity index (χ4n) is 4.64. The van der Waals surface area contributed by atoms with Gasteiger partial charge < -0.3 is 24.9 Å². The zero-order valence-corrected chi connectivity index (χ0v) is 24.8. The van der Waals surface area contributed by atoms with E-state index in [9.17, 15) is 9.59 Å². The van der Waals surface area contributed by atoms with Gasteiger partial charge in [0.2, 0.25) is 0 Å². The van der Waals surface area contributed by atoms with Crippen molar-refractivity contribution in [2.24, 2.45) is 0 Å². The van der Waals surface area contributed by atoms with Gasteiger partial charge in [-0.25, -0.2) is 20.2 Å². The molecule has 0 radical (unpaired) electrons. The second-order valence-electron chi connectivity index (χ2n) is 11.3. The Morgan fingerprint density at radius 1 is 1.23 bits per heavy atom. The number of ether oxygens (including phenoxy) is 1. The third-order valence-electron chi connectivity index (χ3n) is 6.58. The molecule has 3 aromatic rings. The van der Waals surface area contributed by atoms with Gasteiger partial charge in [0, 0.05) is 52.2 Å². The number of nitrogens with one attached hydrogen (secondary N) is 2. The summed E-state index contributed by atoms with van der Waals surface area (Å²) in [5.41, 5.74) is 8.00. The van der Waals surface area contributed by atoms with Gasteiger partial charge in [-0.15, -0.1) is 11.3 Å². The first-order valence-corrected chi connectivity index (χ1v) is 14.0. The Labute approximate surface area is 238 Å². The van der Waals surface area contributed by atoms with Crippen LogP contribution in [0.3, 0.4) is 0 Å².